The van der Waals surface area contributed by atoms with Crippen LogP contribution in [0.4, 0.5) is 11.4 Å². The van der Waals surface area contributed by atoms with Crippen LogP contribution in [0.1, 0.15) is 29.3 Å². The molecule has 1 aliphatic heterocycles. The highest BCUT2D eigenvalue weighted by molar-refractivity contribution is 8.01. The van der Waals surface area contributed by atoms with E-state index in [1.54, 1.807) is 0 Å². The van der Waals surface area contributed by atoms with Crippen molar-refractivity contribution < 1.29 is 23.9 Å². The first-order valence-corrected chi connectivity index (χ1v) is 10.5. The van der Waals surface area contributed by atoms with Crippen molar-refractivity contribution in [2.45, 2.75) is 25.0 Å². The fourth-order valence-corrected chi connectivity index (χ4v) is 4.12. The summed E-state index contributed by atoms with van der Waals surface area (Å²) in [5, 5.41) is 2.24. The SMILES string of the molecule is CCc1ccccc1NC(=O)CSC1CC(=O)N(c2ccc(C(=O)OC)cc2)C1=O. The van der Waals surface area contributed by atoms with E-state index < -0.39 is 11.2 Å². The van der Waals surface area contributed by atoms with Gasteiger partial charge >= 0.3 is 5.97 Å². The van der Waals surface area contributed by atoms with Crippen LogP contribution >= 0.6 is 11.8 Å². The van der Waals surface area contributed by atoms with Gasteiger partial charge in [-0.15, -0.1) is 11.8 Å². The lowest BCUT2D eigenvalue weighted by atomic mass is 10.1. The van der Waals surface area contributed by atoms with Gasteiger partial charge in [0.25, 0.3) is 0 Å². The van der Waals surface area contributed by atoms with E-state index in [1.165, 1.54) is 31.4 Å². The zero-order valence-corrected chi connectivity index (χ0v) is 17.5. The molecular formula is C22H22N2O5S. The molecule has 2 aromatic carbocycles. The van der Waals surface area contributed by atoms with E-state index in [4.69, 9.17) is 0 Å². The molecule has 8 heteroatoms. The highest BCUT2D eigenvalue weighted by atomic mass is 32.2. The van der Waals surface area contributed by atoms with Crippen molar-refractivity contribution >= 4 is 46.8 Å². The predicted molar refractivity (Wildman–Crippen MR) is 116 cm³/mol. The minimum absolute atomic E-state index is 0.0288. The van der Waals surface area contributed by atoms with E-state index in [0.29, 0.717) is 11.3 Å². The maximum Gasteiger partial charge on any atom is 0.337 e. The minimum atomic E-state index is -0.620. The molecular weight excluding hydrogens is 404 g/mol. The average molecular weight is 426 g/mol. The lowest BCUT2D eigenvalue weighted by Gasteiger charge is -2.15. The molecule has 30 heavy (non-hydrogen) atoms. The molecule has 0 radical (unpaired) electrons. The summed E-state index contributed by atoms with van der Waals surface area (Å²) >= 11 is 1.15. The van der Waals surface area contributed by atoms with Gasteiger partial charge in [0.05, 0.1) is 29.4 Å². The second-order valence-electron chi connectivity index (χ2n) is 6.67. The Hall–Kier alpha value is -3.13. The molecule has 0 spiro atoms. The number of hydrogen-bond donors (Lipinski definition) is 1. The molecule has 1 saturated heterocycles. The van der Waals surface area contributed by atoms with Crippen molar-refractivity contribution in [1.29, 1.82) is 0 Å². The van der Waals surface area contributed by atoms with Crippen LogP contribution in [0.3, 0.4) is 0 Å². The first-order valence-electron chi connectivity index (χ1n) is 9.49. The smallest absolute Gasteiger partial charge is 0.337 e. The number of benzene rings is 2. The number of carbonyl (C=O) groups is 4. The van der Waals surface area contributed by atoms with Crippen molar-refractivity contribution in [3.05, 3.63) is 59.7 Å². The van der Waals surface area contributed by atoms with Gasteiger partial charge in [-0.1, -0.05) is 25.1 Å². The normalized spacial score (nSPS) is 15.9. The molecule has 0 aliphatic carbocycles. The summed E-state index contributed by atoms with van der Waals surface area (Å²) in [7, 11) is 1.28. The minimum Gasteiger partial charge on any atom is -0.465 e. The largest absolute Gasteiger partial charge is 0.465 e. The number of imide groups is 1. The summed E-state index contributed by atoms with van der Waals surface area (Å²) in [4.78, 5) is 50.1. The number of para-hydroxylation sites is 1. The van der Waals surface area contributed by atoms with Crippen molar-refractivity contribution in [2.75, 3.05) is 23.1 Å². The average Bonchev–Trinajstić information content (AvgIpc) is 3.05. The molecule has 1 heterocycles. The Bertz CT molecular complexity index is 974. The number of anilines is 2. The number of rotatable bonds is 7. The fourth-order valence-electron chi connectivity index (χ4n) is 3.18. The second kappa shape index (κ2) is 9.58. The molecule has 156 valence electrons. The van der Waals surface area contributed by atoms with Crippen molar-refractivity contribution in [3.8, 4) is 0 Å². The molecule has 1 unspecified atom stereocenters. The van der Waals surface area contributed by atoms with Crippen molar-refractivity contribution in [1.82, 2.24) is 0 Å². The number of carbonyl (C=O) groups excluding carboxylic acids is 4. The third kappa shape index (κ3) is 4.71. The topological polar surface area (TPSA) is 92.8 Å². The van der Waals surface area contributed by atoms with Crippen molar-refractivity contribution in [2.24, 2.45) is 0 Å². The molecule has 1 atom stereocenters. The number of thioether (sulfide) groups is 1. The lowest BCUT2D eigenvalue weighted by molar-refractivity contribution is -0.121. The number of esters is 1. The van der Waals surface area contributed by atoms with Crippen LogP contribution in [-0.2, 0) is 25.5 Å². The van der Waals surface area contributed by atoms with Crippen LogP contribution in [0.2, 0.25) is 0 Å². The van der Waals surface area contributed by atoms with Gasteiger partial charge in [0.2, 0.25) is 17.7 Å². The summed E-state index contributed by atoms with van der Waals surface area (Å²) in [6.07, 6.45) is 0.823. The molecule has 1 N–H and O–H groups in total. The molecule has 2 aromatic rings. The molecule has 7 nitrogen and oxygen atoms in total. The third-order valence-corrected chi connectivity index (χ3v) is 5.94. The van der Waals surface area contributed by atoms with Crippen LogP contribution < -0.4 is 10.2 Å². The zero-order valence-electron chi connectivity index (χ0n) is 16.7. The molecule has 3 amide bonds. The Morgan fingerprint density at radius 2 is 1.83 bits per heavy atom. The summed E-state index contributed by atoms with van der Waals surface area (Å²) in [6.45, 7) is 2.01. The Morgan fingerprint density at radius 1 is 1.13 bits per heavy atom. The number of methoxy groups -OCH3 is 1. The Kier molecular flexibility index (Phi) is 6.89. The summed E-state index contributed by atoms with van der Waals surface area (Å²) in [6, 6.07) is 13.6. The Balaban J connectivity index is 1.61. The van der Waals surface area contributed by atoms with E-state index in [2.05, 4.69) is 10.1 Å². The van der Waals surface area contributed by atoms with E-state index in [9.17, 15) is 19.2 Å². The molecule has 3 rings (SSSR count). The van der Waals surface area contributed by atoms with Gasteiger partial charge < -0.3 is 10.1 Å². The number of hydrogen-bond acceptors (Lipinski definition) is 6. The Labute approximate surface area is 178 Å². The predicted octanol–water partition coefficient (Wildman–Crippen LogP) is 3.04. The van der Waals surface area contributed by atoms with E-state index in [1.807, 2.05) is 31.2 Å². The van der Waals surface area contributed by atoms with Crippen LogP contribution in [0.5, 0.6) is 0 Å². The van der Waals surface area contributed by atoms with E-state index in [-0.39, 0.29) is 29.9 Å². The van der Waals surface area contributed by atoms with Gasteiger partial charge in [0, 0.05) is 12.1 Å². The zero-order chi connectivity index (χ0) is 21.7. The first kappa shape index (κ1) is 21.6. The number of nitrogens with zero attached hydrogens (tertiary/aromatic N) is 1. The van der Waals surface area contributed by atoms with Gasteiger partial charge in [-0.2, -0.15) is 0 Å². The molecule has 1 fully saturated rings. The van der Waals surface area contributed by atoms with Gasteiger partial charge in [-0.25, -0.2) is 9.69 Å². The van der Waals surface area contributed by atoms with Crippen molar-refractivity contribution in [3.63, 3.8) is 0 Å². The van der Waals surface area contributed by atoms with Crippen LogP contribution in [-0.4, -0.2) is 41.8 Å². The fraction of sp³-hybridized carbons (Fsp3) is 0.273. The number of ether oxygens (including phenoxy) is 1. The summed E-state index contributed by atoms with van der Waals surface area (Å²) in [5.74, 6) is -1.35. The second-order valence-corrected chi connectivity index (χ2v) is 7.86. The van der Waals surface area contributed by atoms with Gasteiger partial charge in [0.1, 0.15) is 0 Å². The number of amides is 3. The van der Waals surface area contributed by atoms with Gasteiger partial charge in [-0.05, 0) is 42.3 Å². The van der Waals surface area contributed by atoms with Crippen LogP contribution in [0.25, 0.3) is 0 Å². The Morgan fingerprint density at radius 3 is 2.50 bits per heavy atom. The highest BCUT2D eigenvalue weighted by Gasteiger charge is 2.40. The molecule has 0 aromatic heterocycles. The first-order chi connectivity index (χ1) is 14.4. The summed E-state index contributed by atoms with van der Waals surface area (Å²) in [5.41, 5.74) is 2.51. The molecule has 0 bridgehead atoms. The third-order valence-electron chi connectivity index (χ3n) is 4.74. The molecule has 0 saturated carbocycles. The summed E-state index contributed by atoms with van der Waals surface area (Å²) < 4.78 is 4.64. The van der Waals surface area contributed by atoms with Gasteiger partial charge in [-0.3, -0.25) is 14.4 Å². The maximum atomic E-state index is 12.7. The van der Waals surface area contributed by atoms with E-state index >= 15 is 0 Å². The van der Waals surface area contributed by atoms with Crippen LogP contribution in [0, 0.1) is 0 Å². The number of nitrogens with one attached hydrogen (secondary N) is 1. The standard InChI is InChI=1S/C22H22N2O5S/c1-3-14-6-4-5-7-17(14)23-19(25)13-30-18-12-20(26)24(21(18)27)16-10-8-15(9-11-16)22(28)29-2/h4-11,18H,3,12-13H2,1-2H3,(H,23,25). The highest BCUT2D eigenvalue weighted by Crippen LogP contribution is 2.30. The van der Waals surface area contributed by atoms with E-state index in [0.717, 1.165) is 34.3 Å². The lowest BCUT2D eigenvalue weighted by Crippen LogP contribution is -2.31. The molecule has 1 aliphatic rings. The number of aryl methyl sites for hydroxylation is 1. The maximum absolute atomic E-state index is 12.7. The van der Waals surface area contributed by atoms with Gasteiger partial charge in [0.15, 0.2) is 0 Å². The monoisotopic (exact) mass is 426 g/mol. The quantitative estimate of drug-likeness (QED) is 0.540. The van der Waals surface area contributed by atoms with Crippen LogP contribution in [0.15, 0.2) is 48.5 Å².